The van der Waals surface area contributed by atoms with E-state index in [0.717, 1.165) is 91.5 Å². The Kier molecular flexibility index (Phi) is 11.2. The van der Waals surface area contributed by atoms with Gasteiger partial charge in [0.2, 0.25) is 0 Å². The molecule has 1 aliphatic rings. The lowest BCUT2D eigenvalue weighted by molar-refractivity contribution is 0.105. The highest BCUT2D eigenvalue weighted by atomic mass is 16.5. The Bertz CT molecular complexity index is 3190. The molecule has 0 amide bonds. The number of rotatable bonds is 12. The summed E-state index contributed by atoms with van der Waals surface area (Å²) in [6, 6.07) is 53.1. The van der Waals surface area contributed by atoms with Gasteiger partial charge in [-0.1, -0.05) is 85.6 Å². The summed E-state index contributed by atoms with van der Waals surface area (Å²) in [6.45, 7) is 5.09. The van der Waals surface area contributed by atoms with E-state index in [0.29, 0.717) is 58.7 Å². The summed E-state index contributed by atoms with van der Waals surface area (Å²) in [5, 5.41) is 29.2. The van der Waals surface area contributed by atoms with Crippen LogP contribution in [0.4, 0.5) is 0 Å². The van der Waals surface area contributed by atoms with Crippen molar-refractivity contribution in [2.75, 3.05) is 27.4 Å². The second-order valence-corrected chi connectivity index (χ2v) is 18.3. The van der Waals surface area contributed by atoms with Crippen molar-refractivity contribution in [2.45, 2.75) is 39.5 Å². The molecular formula is C60H54N2O6. The number of fused-ring (bicyclic) bond motifs is 6. The first kappa shape index (κ1) is 42.8. The van der Waals surface area contributed by atoms with Crippen LogP contribution in [0.5, 0.6) is 34.5 Å². The molecule has 10 aromatic rings. The van der Waals surface area contributed by atoms with Gasteiger partial charge in [0, 0.05) is 43.8 Å². The zero-order chi connectivity index (χ0) is 46.5. The van der Waals surface area contributed by atoms with Crippen LogP contribution in [0, 0.1) is 25.7 Å². The van der Waals surface area contributed by atoms with Crippen molar-refractivity contribution in [3.05, 3.63) is 169 Å². The van der Waals surface area contributed by atoms with Crippen molar-refractivity contribution in [3.63, 3.8) is 0 Å². The van der Waals surface area contributed by atoms with E-state index in [2.05, 4.69) is 95.8 Å². The van der Waals surface area contributed by atoms with Gasteiger partial charge in [-0.25, -0.2) is 0 Å². The fourth-order valence-electron chi connectivity index (χ4n) is 10.7. The SMILES string of the molecule is COc1ccc(OCC2CCCC[C@@H]2COc2ccc(OC)cc2-c2cc(C)cc(-n3c4ccccc4c4ccccc43)c2O)c(-c2cc(C)cc(-n3c4ccccc4c4ccccc43)c2O)c1. The Morgan fingerprint density at radius 3 is 1.15 bits per heavy atom. The molecule has 11 rings (SSSR count). The van der Waals surface area contributed by atoms with E-state index in [1.165, 1.54) is 0 Å². The van der Waals surface area contributed by atoms with Gasteiger partial charge in [0.15, 0.2) is 0 Å². The van der Waals surface area contributed by atoms with Crippen LogP contribution in [0.1, 0.15) is 36.8 Å². The molecule has 1 fully saturated rings. The smallest absolute Gasteiger partial charge is 0.147 e. The topological polar surface area (TPSA) is 87.2 Å². The van der Waals surface area contributed by atoms with Crippen LogP contribution in [-0.4, -0.2) is 46.8 Å². The average molecular weight is 899 g/mol. The van der Waals surface area contributed by atoms with Crippen LogP contribution in [-0.2, 0) is 0 Å². The van der Waals surface area contributed by atoms with Gasteiger partial charge in [-0.3, -0.25) is 0 Å². The summed E-state index contributed by atoms with van der Waals surface area (Å²) in [6.07, 6.45) is 4.22. The number of benzene rings is 8. The van der Waals surface area contributed by atoms with Crippen molar-refractivity contribution in [1.29, 1.82) is 0 Å². The first-order chi connectivity index (χ1) is 33.3. The van der Waals surface area contributed by atoms with E-state index in [-0.39, 0.29) is 23.3 Å². The van der Waals surface area contributed by atoms with Crippen molar-refractivity contribution in [3.8, 4) is 68.1 Å². The highest BCUT2D eigenvalue weighted by molar-refractivity contribution is 6.10. The van der Waals surface area contributed by atoms with E-state index >= 15 is 0 Å². The third-order valence-corrected chi connectivity index (χ3v) is 14.0. The van der Waals surface area contributed by atoms with E-state index in [4.69, 9.17) is 18.9 Å². The maximum Gasteiger partial charge on any atom is 0.147 e. The highest BCUT2D eigenvalue weighted by Gasteiger charge is 2.29. The van der Waals surface area contributed by atoms with Crippen molar-refractivity contribution in [1.82, 2.24) is 9.13 Å². The number of phenols is 2. The van der Waals surface area contributed by atoms with Crippen LogP contribution in [0.15, 0.2) is 158 Å². The Labute approximate surface area is 396 Å². The minimum absolute atomic E-state index is 0.168. The van der Waals surface area contributed by atoms with Gasteiger partial charge in [0.25, 0.3) is 0 Å². The van der Waals surface area contributed by atoms with Gasteiger partial charge < -0.3 is 38.3 Å². The monoisotopic (exact) mass is 898 g/mol. The van der Waals surface area contributed by atoms with Crippen LogP contribution < -0.4 is 18.9 Å². The number of hydrogen-bond donors (Lipinski definition) is 2. The van der Waals surface area contributed by atoms with Crippen molar-refractivity contribution in [2.24, 2.45) is 11.8 Å². The first-order valence-electron chi connectivity index (χ1n) is 23.6. The van der Waals surface area contributed by atoms with Gasteiger partial charge in [-0.2, -0.15) is 0 Å². The Balaban J connectivity index is 0.897. The highest BCUT2D eigenvalue weighted by Crippen LogP contribution is 2.47. The minimum atomic E-state index is 0.168. The van der Waals surface area contributed by atoms with Gasteiger partial charge >= 0.3 is 0 Å². The number of methoxy groups -OCH3 is 2. The molecule has 1 aliphatic carbocycles. The number of aryl methyl sites for hydroxylation is 2. The molecule has 0 spiro atoms. The summed E-state index contributed by atoms with van der Waals surface area (Å²) in [7, 11) is 3.32. The molecule has 8 heteroatoms. The Morgan fingerprint density at radius 2 is 0.794 bits per heavy atom. The van der Waals surface area contributed by atoms with E-state index in [1.807, 2.05) is 84.9 Å². The van der Waals surface area contributed by atoms with E-state index < -0.39 is 0 Å². The lowest BCUT2D eigenvalue weighted by atomic mass is 9.80. The summed E-state index contributed by atoms with van der Waals surface area (Å²) < 4.78 is 29.5. The van der Waals surface area contributed by atoms with E-state index in [9.17, 15) is 10.2 Å². The number of nitrogens with zero attached hydrogens (tertiary/aromatic N) is 2. The number of hydrogen-bond acceptors (Lipinski definition) is 6. The summed E-state index contributed by atoms with van der Waals surface area (Å²) >= 11 is 0. The number of ether oxygens (including phenoxy) is 4. The second-order valence-electron chi connectivity index (χ2n) is 18.3. The molecule has 2 atom stereocenters. The molecule has 8 nitrogen and oxygen atoms in total. The molecule has 2 aromatic heterocycles. The van der Waals surface area contributed by atoms with Gasteiger partial charge in [0.05, 0.1) is 60.9 Å². The Hall–Kier alpha value is -7.84. The van der Waals surface area contributed by atoms with Crippen LogP contribution in [0.2, 0.25) is 0 Å². The number of para-hydroxylation sites is 4. The van der Waals surface area contributed by atoms with Crippen molar-refractivity contribution < 1.29 is 29.2 Å². The van der Waals surface area contributed by atoms with Crippen LogP contribution in [0.3, 0.4) is 0 Å². The second kappa shape index (κ2) is 17.8. The lowest BCUT2D eigenvalue weighted by Gasteiger charge is -2.32. The molecule has 0 radical (unpaired) electrons. The predicted molar refractivity (Wildman–Crippen MR) is 275 cm³/mol. The molecule has 340 valence electrons. The zero-order valence-electron chi connectivity index (χ0n) is 38.8. The molecule has 2 heterocycles. The third-order valence-electron chi connectivity index (χ3n) is 14.0. The molecule has 0 saturated heterocycles. The Morgan fingerprint density at radius 1 is 0.441 bits per heavy atom. The standard InChI is InChI=1S/C60H54N2O6/c1-37-29-49(59(63)55(31-37)61-51-21-11-7-17-43(51)44-18-8-12-22-52(44)61)47-33-41(65-3)25-27-57(47)67-35-39-15-5-6-16-40(39)36-68-58-28-26-42(66-4)34-48(58)50-30-38(2)32-56(60(50)64)62-53-23-13-9-19-45(53)46-20-10-14-24-54(46)62/h7-14,17-34,39-40,63-64H,5-6,15-16,35-36H2,1-4H3/t39-,40?/m1/s1. The molecule has 68 heavy (non-hydrogen) atoms. The predicted octanol–water partition coefficient (Wildman–Crippen LogP) is 14.5. The van der Waals surface area contributed by atoms with Crippen molar-refractivity contribution >= 4 is 43.6 Å². The van der Waals surface area contributed by atoms with Gasteiger partial charge in [-0.05, 0) is 135 Å². The number of aromatic nitrogens is 2. The summed E-state index contributed by atoms with van der Waals surface area (Å²) in [5.74, 6) is 3.47. The maximum atomic E-state index is 12.3. The van der Waals surface area contributed by atoms with Gasteiger partial charge in [0.1, 0.15) is 34.5 Å². The van der Waals surface area contributed by atoms with Crippen LogP contribution >= 0.6 is 0 Å². The quantitative estimate of drug-likeness (QED) is 0.127. The molecular weight excluding hydrogens is 845 g/mol. The number of aromatic hydroxyl groups is 2. The fourth-order valence-corrected chi connectivity index (χ4v) is 10.7. The molecule has 8 aromatic carbocycles. The average Bonchev–Trinajstić information content (AvgIpc) is 3.89. The fraction of sp³-hybridized carbons (Fsp3) is 0.200. The lowest BCUT2D eigenvalue weighted by Crippen LogP contribution is -2.30. The minimum Gasteiger partial charge on any atom is -0.505 e. The summed E-state index contributed by atoms with van der Waals surface area (Å²) in [4.78, 5) is 0. The van der Waals surface area contributed by atoms with Gasteiger partial charge in [-0.15, -0.1) is 0 Å². The van der Waals surface area contributed by atoms with Crippen LogP contribution in [0.25, 0.3) is 77.2 Å². The van der Waals surface area contributed by atoms with E-state index in [1.54, 1.807) is 14.2 Å². The molecule has 1 unspecified atom stereocenters. The molecule has 0 bridgehead atoms. The molecule has 1 saturated carbocycles. The maximum absolute atomic E-state index is 12.3. The zero-order valence-corrected chi connectivity index (χ0v) is 38.8. The summed E-state index contributed by atoms with van der Waals surface area (Å²) in [5.41, 5.74) is 10.4. The molecule has 0 aliphatic heterocycles. The first-order valence-corrected chi connectivity index (χ1v) is 23.6. The largest absolute Gasteiger partial charge is 0.505 e. The normalized spacial score (nSPS) is 15.1. The molecule has 2 N–H and O–H groups in total. The number of phenolic OH excluding ortho intramolecular Hbond substituents is 2. The third kappa shape index (κ3) is 7.50.